The third-order valence-corrected chi connectivity index (χ3v) is 6.13. The number of rotatable bonds is 9. The summed E-state index contributed by atoms with van der Waals surface area (Å²) < 4.78 is 19.2. The summed E-state index contributed by atoms with van der Waals surface area (Å²) in [5, 5.41) is 5.47. The van der Waals surface area contributed by atoms with E-state index in [1.807, 2.05) is 6.92 Å². The minimum atomic E-state index is -1.11. The molecule has 0 spiro atoms. The predicted octanol–water partition coefficient (Wildman–Crippen LogP) is 4.72. The molecule has 1 aromatic carbocycles. The number of allylic oxidation sites excluding steroid dienone is 3. The highest BCUT2D eigenvalue weighted by Crippen LogP contribution is 2.27. The number of carbonyl (C=O) groups is 3. The van der Waals surface area contributed by atoms with Crippen molar-refractivity contribution in [2.45, 2.75) is 65.0 Å². The first-order valence-corrected chi connectivity index (χ1v) is 11.9. The SMILES string of the molecule is C=C/C(C)=C(\C=C/C)C(C(=O)NC1CCCCC1)N(C(=O)CNC(=O)OC)c1ccc(C)c(F)c1. The molecule has 2 N–H and O–H groups in total. The average Bonchev–Trinajstić information content (AvgIpc) is 2.86. The Morgan fingerprint density at radius 2 is 1.94 bits per heavy atom. The summed E-state index contributed by atoms with van der Waals surface area (Å²) in [7, 11) is 1.19. The predicted molar refractivity (Wildman–Crippen MR) is 136 cm³/mol. The summed E-state index contributed by atoms with van der Waals surface area (Å²) in [4.78, 5) is 40.2. The summed E-state index contributed by atoms with van der Waals surface area (Å²) in [5.74, 6) is -1.48. The maximum atomic E-state index is 14.6. The van der Waals surface area contributed by atoms with Crippen molar-refractivity contribution in [1.29, 1.82) is 0 Å². The number of alkyl carbamates (subject to hydrolysis) is 1. The van der Waals surface area contributed by atoms with Crippen LogP contribution in [0.15, 0.2) is 54.2 Å². The maximum absolute atomic E-state index is 14.6. The average molecular weight is 486 g/mol. The van der Waals surface area contributed by atoms with Gasteiger partial charge >= 0.3 is 6.09 Å². The first-order valence-electron chi connectivity index (χ1n) is 11.9. The Labute approximate surface area is 207 Å². The number of ether oxygens (including phenoxy) is 1. The van der Waals surface area contributed by atoms with E-state index in [2.05, 4.69) is 21.9 Å². The molecule has 190 valence electrons. The lowest BCUT2D eigenvalue weighted by atomic mass is 9.93. The van der Waals surface area contributed by atoms with Crippen molar-refractivity contribution >= 4 is 23.6 Å². The second kappa shape index (κ2) is 13.5. The molecule has 0 bridgehead atoms. The van der Waals surface area contributed by atoms with Gasteiger partial charge in [-0.05, 0) is 62.5 Å². The molecule has 1 aliphatic carbocycles. The van der Waals surface area contributed by atoms with Crippen molar-refractivity contribution in [2.75, 3.05) is 18.6 Å². The van der Waals surface area contributed by atoms with Crippen LogP contribution in [-0.4, -0.2) is 43.6 Å². The van der Waals surface area contributed by atoms with E-state index in [4.69, 9.17) is 0 Å². The molecule has 7 nitrogen and oxygen atoms in total. The van der Waals surface area contributed by atoms with Crippen LogP contribution < -0.4 is 15.5 Å². The van der Waals surface area contributed by atoms with Crippen molar-refractivity contribution in [2.24, 2.45) is 0 Å². The summed E-state index contributed by atoms with van der Waals surface area (Å²) >= 11 is 0. The van der Waals surface area contributed by atoms with E-state index in [-0.39, 0.29) is 17.6 Å². The normalized spacial score (nSPS) is 15.7. The van der Waals surface area contributed by atoms with Gasteiger partial charge in [-0.25, -0.2) is 9.18 Å². The third kappa shape index (κ3) is 7.53. The third-order valence-electron chi connectivity index (χ3n) is 6.13. The molecular formula is C27H36FN3O4. The second-order valence-corrected chi connectivity index (χ2v) is 8.63. The van der Waals surface area contributed by atoms with Gasteiger partial charge in [0, 0.05) is 11.7 Å². The Hall–Kier alpha value is -3.42. The number of amides is 3. The van der Waals surface area contributed by atoms with Crippen molar-refractivity contribution in [3.63, 3.8) is 0 Å². The number of halogens is 1. The summed E-state index contributed by atoms with van der Waals surface area (Å²) in [5.41, 5.74) is 1.84. The van der Waals surface area contributed by atoms with E-state index in [9.17, 15) is 18.8 Å². The number of hydrogen-bond acceptors (Lipinski definition) is 4. The van der Waals surface area contributed by atoms with Crippen LogP contribution in [0.3, 0.4) is 0 Å². The molecule has 2 rings (SSSR count). The molecule has 1 aromatic rings. The van der Waals surface area contributed by atoms with E-state index in [1.54, 1.807) is 44.2 Å². The smallest absolute Gasteiger partial charge is 0.407 e. The first kappa shape index (κ1) is 27.8. The van der Waals surface area contributed by atoms with Gasteiger partial charge in [0.25, 0.3) is 0 Å². The molecule has 1 aliphatic rings. The number of carbonyl (C=O) groups excluding carboxylic acids is 3. The fourth-order valence-corrected chi connectivity index (χ4v) is 4.13. The number of nitrogens with zero attached hydrogens (tertiary/aromatic N) is 1. The van der Waals surface area contributed by atoms with Crippen LogP contribution in [0.5, 0.6) is 0 Å². The highest BCUT2D eigenvalue weighted by Gasteiger charge is 2.35. The summed E-state index contributed by atoms with van der Waals surface area (Å²) in [6.45, 7) is 8.62. The number of aryl methyl sites for hydroxylation is 1. The molecule has 35 heavy (non-hydrogen) atoms. The van der Waals surface area contributed by atoms with E-state index >= 15 is 0 Å². The van der Waals surface area contributed by atoms with Crippen LogP contribution in [-0.2, 0) is 14.3 Å². The fraction of sp³-hybridized carbons (Fsp3) is 0.444. The number of benzene rings is 1. The molecular weight excluding hydrogens is 449 g/mol. The maximum Gasteiger partial charge on any atom is 0.407 e. The van der Waals surface area contributed by atoms with E-state index in [0.29, 0.717) is 16.7 Å². The molecule has 0 saturated heterocycles. The van der Waals surface area contributed by atoms with Crippen LogP contribution in [0, 0.1) is 12.7 Å². The van der Waals surface area contributed by atoms with Crippen LogP contribution in [0.1, 0.15) is 51.5 Å². The topological polar surface area (TPSA) is 87.7 Å². The lowest BCUT2D eigenvalue weighted by molar-refractivity contribution is -0.126. The molecule has 1 atom stereocenters. The monoisotopic (exact) mass is 485 g/mol. The number of hydrogen-bond donors (Lipinski definition) is 2. The summed E-state index contributed by atoms with van der Waals surface area (Å²) in [6, 6.07) is 3.25. The van der Waals surface area contributed by atoms with Crippen LogP contribution >= 0.6 is 0 Å². The minimum absolute atomic E-state index is 0.00505. The number of nitrogens with one attached hydrogen (secondary N) is 2. The van der Waals surface area contributed by atoms with Gasteiger partial charge in [0.1, 0.15) is 18.4 Å². The van der Waals surface area contributed by atoms with Gasteiger partial charge in [-0.1, -0.05) is 50.1 Å². The lowest BCUT2D eigenvalue weighted by Gasteiger charge is -2.34. The highest BCUT2D eigenvalue weighted by atomic mass is 19.1. The molecule has 0 heterocycles. The molecule has 1 fully saturated rings. The van der Waals surface area contributed by atoms with E-state index < -0.39 is 30.4 Å². The molecule has 1 unspecified atom stereocenters. The Morgan fingerprint density at radius 3 is 2.51 bits per heavy atom. The van der Waals surface area contributed by atoms with E-state index in [1.165, 1.54) is 18.1 Å². The van der Waals surface area contributed by atoms with Gasteiger partial charge in [0.2, 0.25) is 11.8 Å². The Morgan fingerprint density at radius 1 is 1.26 bits per heavy atom. The second-order valence-electron chi connectivity index (χ2n) is 8.63. The van der Waals surface area contributed by atoms with Gasteiger partial charge in [-0.3, -0.25) is 14.5 Å². The van der Waals surface area contributed by atoms with Crippen molar-refractivity contribution in [3.05, 3.63) is 65.5 Å². The van der Waals surface area contributed by atoms with Crippen LogP contribution in [0.4, 0.5) is 14.9 Å². The van der Waals surface area contributed by atoms with Crippen LogP contribution in [0.25, 0.3) is 0 Å². The number of anilines is 1. The molecule has 0 radical (unpaired) electrons. The zero-order valence-corrected chi connectivity index (χ0v) is 21.0. The van der Waals surface area contributed by atoms with Gasteiger partial charge in [-0.2, -0.15) is 0 Å². The standard InChI is InChI=1S/C27H36FN3O4/c1-6-11-22(18(3)7-2)25(26(33)30-20-12-9-8-10-13-20)31(24(32)17-29-27(34)35-5)21-15-14-19(4)23(28)16-21/h6-7,11,14-16,20,25H,2,8-10,12-13,17H2,1,3-5H3,(H,29,34)(H,30,33)/b11-6-,22-18+. The first-order chi connectivity index (χ1) is 16.7. The van der Waals surface area contributed by atoms with Crippen LogP contribution in [0.2, 0.25) is 0 Å². The van der Waals surface area contributed by atoms with E-state index in [0.717, 1.165) is 32.1 Å². The zero-order valence-electron chi connectivity index (χ0n) is 21.0. The number of methoxy groups -OCH3 is 1. The van der Waals surface area contributed by atoms with Gasteiger partial charge in [-0.15, -0.1) is 0 Å². The molecule has 1 saturated carbocycles. The molecule has 0 aromatic heterocycles. The zero-order chi connectivity index (χ0) is 26.0. The molecule has 3 amide bonds. The quantitative estimate of drug-likeness (QED) is 0.496. The highest BCUT2D eigenvalue weighted by molar-refractivity contribution is 6.04. The van der Waals surface area contributed by atoms with Crippen molar-refractivity contribution < 1.29 is 23.5 Å². The Balaban J connectivity index is 2.63. The van der Waals surface area contributed by atoms with Crippen molar-refractivity contribution in [3.8, 4) is 0 Å². The minimum Gasteiger partial charge on any atom is -0.453 e. The fourth-order valence-electron chi connectivity index (χ4n) is 4.13. The van der Waals surface area contributed by atoms with Gasteiger partial charge < -0.3 is 15.4 Å². The van der Waals surface area contributed by atoms with Gasteiger partial charge in [0.15, 0.2) is 0 Å². The Bertz CT molecular complexity index is 996. The largest absolute Gasteiger partial charge is 0.453 e. The van der Waals surface area contributed by atoms with Gasteiger partial charge in [0.05, 0.1) is 7.11 Å². The molecule has 8 heteroatoms. The molecule has 0 aliphatic heterocycles. The van der Waals surface area contributed by atoms with Crippen molar-refractivity contribution in [1.82, 2.24) is 10.6 Å². The summed E-state index contributed by atoms with van der Waals surface area (Å²) in [6.07, 6.45) is 9.24. The Kier molecular flexibility index (Phi) is 10.7. The lowest BCUT2D eigenvalue weighted by Crippen LogP contribution is -2.55.